The van der Waals surface area contributed by atoms with E-state index in [0.29, 0.717) is 17.5 Å². The van der Waals surface area contributed by atoms with Gasteiger partial charge < -0.3 is 10.6 Å². The minimum absolute atomic E-state index is 0.316. The highest BCUT2D eigenvalue weighted by Crippen LogP contribution is 2.26. The van der Waals surface area contributed by atoms with Gasteiger partial charge in [-0.1, -0.05) is 30.7 Å². The normalized spacial score (nSPS) is 14.4. The first-order valence-electron chi connectivity index (χ1n) is 11.2. The Morgan fingerprint density at radius 1 is 1.00 bits per heavy atom. The molecule has 1 aliphatic heterocycles. The number of piperidine rings is 1. The molecule has 7 nitrogen and oxygen atoms in total. The first kappa shape index (κ1) is 21.2. The van der Waals surface area contributed by atoms with Gasteiger partial charge in [-0.05, 0) is 62.2 Å². The fraction of sp³-hybridized carbons (Fsp3) is 0.280. The van der Waals surface area contributed by atoms with E-state index in [9.17, 15) is 4.39 Å². The van der Waals surface area contributed by atoms with Crippen molar-refractivity contribution >= 4 is 34.0 Å². The number of nitrogens with zero attached hydrogens (tertiary/aromatic N) is 5. The molecule has 1 fully saturated rings. The molecule has 8 heteroatoms. The molecule has 0 unspecified atom stereocenters. The zero-order valence-corrected chi connectivity index (χ0v) is 18.6. The lowest BCUT2D eigenvalue weighted by atomic mass is 10.1. The van der Waals surface area contributed by atoms with Crippen molar-refractivity contribution in [3.63, 3.8) is 0 Å². The highest BCUT2D eigenvalue weighted by Gasteiger charge is 2.13. The Hall–Kier alpha value is -3.65. The molecule has 0 amide bonds. The van der Waals surface area contributed by atoms with Gasteiger partial charge in [0.1, 0.15) is 11.6 Å². The second-order valence-electron chi connectivity index (χ2n) is 8.40. The van der Waals surface area contributed by atoms with Gasteiger partial charge in [-0.15, -0.1) is 0 Å². The summed E-state index contributed by atoms with van der Waals surface area (Å²) in [5, 5.41) is 15.6. The van der Waals surface area contributed by atoms with Crippen molar-refractivity contribution in [3.05, 3.63) is 71.8 Å². The van der Waals surface area contributed by atoms with E-state index in [1.165, 1.54) is 25.3 Å². The predicted octanol–water partition coefficient (Wildman–Crippen LogP) is 5.34. The Labute approximate surface area is 192 Å². The molecule has 33 heavy (non-hydrogen) atoms. The molecule has 1 saturated heterocycles. The average Bonchev–Trinajstić information content (AvgIpc) is 2.83. The molecule has 0 aliphatic carbocycles. The number of halogens is 1. The van der Waals surface area contributed by atoms with Crippen LogP contribution in [0.5, 0.6) is 0 Å². The summed E-state index contributed by atoms with van der Waals surface area (Å²) < 4.78 is 14.5. The van der Waals surface area contributed by atoms with E-state index in [1.807, 2.05) is 37.3 Å². The quantitative estimate of drug-likeness (QED) is 0.416. The van der Waals surface area contributed by atoms with Gasteiger partial charge in [0.25, 0.3) is 0 Å². The molecule has 0 bridgehead atoms. The maximum absolute atomic E-state index is 14.5. The molecule has 2 aromatic carbocycles. The van der Waals surface area contributed by atoms with E-state index in [2.05, 4.69) is 35.7 Å². The van der Waals surface area contributed by atoms with Crippen LogP contribution in [0, 0.1) is 12.7 Å². The van der Waals surface area contributed by atoms with Crippen LogP contribution in [-0.2, 0) is 6.54 Å². The van der Waals surface area contributed by atoms with Crippen molar-refractivity contribution in [1.29, 1.82) is 0 Å². The molecule has 5 rings (SSSR count). The molecule has 0 atom stereocenters. The first-order valence-corrected chi connectivity index (χ1v) is 11.2. The van der Waals surface area contributed by atoms with E-state index >= 15 is 0 Å². The third kappa shape index (κ3) is 4.90. The average molecular weight is 444 g/mol. The van der Waals surface area contributed by atoms with Crippen molar-refractivity contribution in [2.45, 2.75) is 32.7 Å². The monoisotopic (exact) mass is 443 g/mol. The molecule has 0 radical (unpaired) electrons. The van der Waals surface area contributed by atoms with Gasteiger partial charge in [0.2, 0.25) is 5.95 Å². The number of anilines is 4. The largest absolute Gasteiger partial charge is 0.338 e. The summed E-state index contributed by atoms with van der Waals surface area (Å²) >= 11 is 0. The molecule has 2 aromatic heterocycles. The van der Waals surface area contributed by atoms with E-state index in [0.717, 1.165) is 47.4 Å². The lowest BCUT2D eigenvalue weighted by molar-refractivity contribution is 0.221. The summed E-state index contributed by atoms with van der Waals surface area (Å²) in [7, 11) is 0. The molecule has 1 aliphatic rings. The van der Waals surface area contributed by atoms with E-state index < -0.39 is 0 Å². The van der Waals surface area contributed by atoms with E-state index in [4.69, 9.17) is 0 Å². The highest BCUT2D eigenvalue weighted by atomic mass is 19.1. The standard InChI is InChI=1S/C25H26FN7/c1-17-6-5-7-19-22(15-28-32-24(17)19)29-23-10-11-27-25(31-23)30-21-14-18(8-9-20(21)26)16-33-12-3-2-4-13-33/h5-11,14-15H,2-4,12-13,16H2,1H3,(H2,27,29,30,31,32). The van der Waals surface area contributed by atoms with Crippen molar-refractivity contribution < 1.29 is 4.39 Å². The van der Waals surface area contributed by atoms with Crippen molar-refractivity contribution in [3.8, 4) is 0 Å². The number of rotatable bonds is 6. The Balaban J connectivity index is 1.35. The lowest BCUT2D eigenvalue weighted by Crippen LogP contribution is -2.29. The SMILES string of the molecule is Cc1cccc2c(Nc3ccnc(Nc4cc(CN5CCCCC5)ccc4F)n3)cnnc12. The minimum Gasteiger partial charge on any atom is -0.338 e. The van der Waals surface area contributed by atoms with Crippen LogP contribution in [0.1, 0.15) is 30.4 Å². The van der Waals surface area contributed by atoms with Crippen molar-refractivity contribution in [1.82, 2.24) is 25.1 Å². The Kier molecular flexibility index (Phi) is 6.08. The van der Waals surface area contributed by atoms with Crippen LogP contribution in [0.4, 0.5) is 27.5 Å². The Bertz CT molecular complexity index is 1270. The molecule has 0 spiro atoms. The van der Waals surface area contributed by atoms with Crippen LogP contribution in [0.3, 0.4) is 0 Å². The number of hydrogen-bond donors (Lipinski definition) is 2. The second kappa shape index (κ2) is 9.46. The molecule has 3 heterocycles. The predicted molar refractivity (Wildman–Crippen MR) is 128 cm³/mol. The van der Waals surface area contributed by atoms with Gasteiger partial charge >= 0.3 is 0 Å². The number of aromatic nitrogens is 4. The van der Waals surface area contributed by atoms with E-state index in [1.54, 1.807) is 18.5 Å². The van der Waals surface area contributed by atoms with Crippen molar-refractivity contribution in [2.75, 3.05) is 23.7 Å². The molecule has 168 valence electrons. The van der Waals surface area contributed by atoms with Gasteiger partial charge in [0.05, 0.1) is 23.1 Å². The van der Waals surface area contributed by atoms with Gasteiger partial charge in [0, 0.05) is 18.1 Å². The lowest BCUT2D eigenvalue weighted by Gasteiger charge is -2.26. The zero-order chi connectivity index (χ0) is 22.6. The van der Waals surface area contributed by atoms with Gasteiger partial charge in [-0.25, -0.2) is 9.37 Å². The smallest absolute Gasteiger partial charge is 0.229 e. The summed E-state index contributed by atoms with van der Waals surface area (Å²) in [6.07, 6.45) is 7.04. The first-order chi connectivity index (χ1) is 16.2. The van der Waals surface area contributed by atoms with E-state index in [-0.39, 0.29) is 5.82 Å². The molecule has 0 saturated carbocycles. The van der Waals surface area contributed by atoms with Crippen LogP contribution in [0.25, 0.3) is 10.9 Å². The van der Waals surface area contributed by atoms with Crippen LogP contribution < -0.4 is 10.6 Å². The van der Waals surface area contributed by atoms with Gasteiger partial charge in [-0.3, -0.25) is 4.90 Å². The van der Waals surface area contributed by atoms with Crippen LogP contribution in [0.2, 0.25) is 0 Å². The number of hydrogen-bond acceptors (Lipinski definition) is 7. The maximum atomic E-state index is 14.5. The summed E-state index contributed by atoms with van der Waals surface area (Å²) in [5.41, 5.74) is 4.12. The van der Waals surface area contributed by atoms with Crippen LogP contribution >= 0.6 is 0 Å². The summed E-state index contributed by atoms with van der Waals surface area (Å²) in [6.45, 7) is 5.00. The zero-order valence-electron chi connectivity index (χ0n) is 18.6. The fourth-order valence-electron chi connectivity index (χ4n) is 4.21. The molecule has 2 N–H and O–H groups in total. The summed E-state index contributed by atoms with van der Waals surface area (Å²) in [5.74, 6) is 0.559. The fourth-order valence-corrected chi connectivity index (χ4v) is 4.21. The van der Waals surface area contributed by atoms with Crippen molar-refractivity contribution in [2.24, 2.45) is 0 Å². The molecular weight excluding hydrogens is 417 g/mol. The van der Waals surface area contributed by atoms with Gasteiger partial charge in [-0.2, -0.15) is 15.2 Å². The topological polar surface area (TPSA) is 78.9 Å². The number of benzene rings is 2. The van der Waals surface area contributed by atoms with Crippen LogP contribution in [-0.4, -0.2) is 38.2 Å². The summed E-state index contributed by atoms with van der Waals surface area (Å²) in [6, 6.07) is 12.9. The highest BCUT2D eigenvalue weighted by molar-refractivity contribution is 5.93. The number of likely N-dealkylation sites (tertiary alicyclic amines) is 1. The minimum atomic E-state index is -0.334. The molecule has 4 aromatic rings. The van der Waals surface area contributed by atoms with Gasteiger partial charge in [0.15, 0.2) is 0 Å². The number of aryl methyl sites for hydroxylation is 1. The third-order valence-corrected chi connectivity index (χ3v) is 5.92. The Morgan fingerprint density at radius 2 is 1.88 bits per heavy atom. The van der Waals surface area contributed by atoms with Crippen LogP contribution in [0.15, 0.2) is 54.9 Å². The molecular formula is C25H26FN7. The summed E-state index contributed by atoms with van der Waals surface area (Å²) in [4.78, 5) is 11.2. The number of nitrogens with one attached hydrogen (secondary N) is 2. The second-order valence-corrected chi connectivity index (χ2v) is 8.40. The third-order valence-electron chi connectivity index (χ3n) is 5.92. The Morgan fingerprint density at radius 3 is 2.76 bits per heavy atom. The number of fused-ring (bicyclic) bond motifs is 1. The maximum Gasteiger partial charge on any atom is 0.229 e.